The molecule has 90 valence electrons. The van der Waals surface area contributed by atoms with Crippen LogP contribution in [0.3, 0.4) is 0 Å². The van der Waals surface area contributed by atoms with Crippen LogP contribution < -0.4 is 4.90 Å². The van der Waals surface area contributed by atoms with E-state index in [1.165, 1.54) is 6.07 Å². The molecule has 0 saturated carbocycles. The summed E-state index contributed by atoms with van der Waals surface area (Å²) in [5.74, 6) is -0.317. The summed E-state index contributed by atoms with van der Waals surface area (Å²) < 4.78 is 19.6. The molecule has 1 saturated heterocycles. The second-order valence-electron chi connectivity index (χ2n) is 4.32. The molecule has 0 aliphatic carbocycles. The van der Waals surface area contributed by atoms with E-state index in [9.17, 15) is 9.50 Å². The Morgan fingerprint density at radius 1 is 1.59 bits per heavy atom. The molecule has 0 radical (unpaired) electrons. The number of β-amino-alcohol motifs (C(OH)–C–C–N with tert-alkyl or cyclic N) is 1. The quantitative estimate of drug-likeness (QED) is 0.880. The van der Waals surface area contributed by atoms with Gasteiger partial charge >= 0.3 is 0 Å². The van der Waals surface area contributed by atoms with E-state index in [4.69, 9.17) is 4.42 Å². The predicted octanol–water partition coefficient (Wildman–Crippen LogP) is 2.90. The van der Waals surface area contributed by atoms with E-state index in [2.05, 4.69) is 15.9 Å². The third-order valence-electron chi connectivity index (χ3n) is 3.35. The van der Waals surface area contributed by atoms with Crippen LogP contribution in [0, 0.1) is 5.82 Å². The lowest BCUT2D eigenvalue weighted by atomic mass is 9.99. The number of aliphatic hydroxyl groups is 1. The summed E-state index contributed by atoms with van der Waals surface area (Å²) in [5, 5.41) is 10.2. The number of anilines is 1. The van der Waals surface area contributed by atoms with E-state index in [-0.39, 0.29) is 18.0 Å². The Morgan fingerprint density at radius 3 is 3.00 bits per heavy atom. The number of hydrogen-bond donors (Lipinski definition) is 1. The van der Waals surface area contributed by atoms with Crippen molar-refractivity contribution in [1.29, 1.82) is 0 Å². The van der Waals surface area contributed by atoms with Gasteiger partial charge < -0.3 is 14.4 Å². The number of rotatable bonds is 1. The number of fused-ring (bicyclic) bond motifs is 1. The van der Waals surface area contributed by atoms with Gasteiger partial charge in [-0.1, -0.05) is 0 Å². The van der Waals surface area contributed by atoms with Crippen LogP contribution in [0.4, 0.5) is 10.1 Å². The highest BCUT2D eigenvalue weighted by Crippen LogP contribution is 2.38. The normalized spacial score (nSPS) is 24.1. The van der Waals surface area contributed by atoms with E-state index in [1.807, 2.05) is 11.8 Å². The number of halogens is 2. The molecule has 2 heterocycles. The zero-order chi connectivity index (χ0) is 12.2. The molecule has 0 unspecified atom stereocenters. The second kappa shape index (κ2) is 3.71. The summed E-state index contributed by atoms with van der Waals surface area (Å²) in [4.78, 5) is 1.94. The molecule has 5 heteroatoms. The fourth-order valence-corrected chi connectivity index (χ4v) is 2.61. The van der Waals surface area contributed by atoms with Crippen LogP contribution in [0.5, 0.6) is 0 Å². The van der Waals surface area contributed by atoms with Gasteiger partial charge in [0, 0.05) is 18.0 Å². The van der Waals surface area contributed by atoms with Gasteiger partial charge in [0.1, 0.15) is 5.82 Å². The molecule has 1 aliphatic rings. The first kappa shape index (κ1) is 11.0. The van der Waals surface area contributed by atoms with Crippen LogP contribution in [-0.2, 0) is 0 Å². The van der Waals surface area contributed by atoms with Gasteiger partial charge in [-0.15, -0.1) is 0 Å². The van der Waals surface area contributed by atoms with Crippen LogP contribution in [-0.4, -0.2) is 23.8 Å². The van der Waals surface area contributed by atoms with Gasteiger partial charge in [0.2, 0.25) is 0 Å². The second-order valence-corrected chi connectivity index (χ2v) is 5.11. The van der Waals surface area contributed by atoms with Crippen molar-refractivity contribution in [1.82, 2.24) is 0 Å². The highest BCUT2D eigenvalue weighted by atomic mass is 79.9. The van der Waals surface area contributed by atoms with Crippen LogP contribution in [0.2, 0.25) is 0 Å². The van der Waals surface area contributed by atoms with Gasteiger partial charge in [-0.25, -0.2) is 4.39 Å². The van der Waals surface area contributed by atoms with Gasteiger partial charge in [0.15, 0.2) is 5.58 Å². The van der Waals surface area contributed by atoms with E-state index in [1.54, 1.807) is 12.3 Å². The molecule has 1 N–H and O–H groups in total. The molecule has 2 aromatic rings. The lowest BCUT2D eigenvalue weighted by molar-refractivity contribution is 0.0995. The summed E-state index contributed by atoms with van der Waals surface area (Å²) in [6.45, 7) is 2.42. The third-order valence-corrected chi connectivity index (χ3v) is 4.16. The Kier molecular flexibility index (Phi) is 2.41. The van der Waals surface area contributed by atoms with Crippen molar-refractivity contribution in [2.75, 3.05) is 11.4 Å². The lowest BCUT2D eigenvalue weighted by Gasteiger charge is -2.45. The molecule has 1 aromatic heterocycles. The largest absolute Gasteiger partial charge is 0.462 e. The smallest absolute Gasteiger partial charge is 0.158 e. The summed E-state index contributed by atoms with van der Waals surface area (Å²) in [7, 11) is 0. The Balaban J connectivity index is 2.17. The zero-order valence-corrected chi connectivity index (χ0v) is 10.7. The fourth-order valence-electron chi connectivity index (χ4n) is 2.18. The van der Waals surface area contributed by atoms with Crippen molar-refractivity contribution in [2.45, 2.75) is 19.1 Å². The maximum Gasteiger partial charge on any atom is 0.158 e. The van der Waals surface area contributed by atoms with Crippen LogP contribution >= 0.6 is 15.9 Å². The predicted molar refractivity (Wildman–Crippen MR) is 66.7 cm³/mol. The molecule has 17 heavy (non-hydrogen) atoms. The van der Waals surface area contributed by atoms with E-state index < -0.39 is 0 Å². The molecule has 3 rings (SSSR count). The van der Waals surface area contributed by atoms with E-state index >= 15 is 0 Å². The summed E-state index contributed by atoms with van der Waals surface area (Å²) in [5.41, 5.74) is 1.35. The minimum absolute atomic E-state index is 0.0103. The molecule has 3 nitrogen and oxygen atoms in total. The monoisotopic (exact) mass is 299 g/mol. The topological polar surface area (TPSA) is 36.6 Å². The van der Waals surface area contributed by atoms with Crippen molar-refractivity contribution in [3.05, 3.63) is 28.7 Å². The standard InChI is InChI=1S/C12H11BrFNO2/c1-6-10(16)5-15(6)9-4-8(14)11(13)7-2-3-17-12(7)9/h2-4,6,10,16H,5H2,1H3/t6-,10-/m0/s1. The number of furan rings is 1. The summed E-state index contributed by atoms with van der Waals surface area (Å²) in [6, 6.07) is 3.16. The minimum Gasteiger partial charge on any atom is -0.462 e. The van der Waals surface area contributed by atoms with Gasteiger partial charge in [0.25, 0.3) is 0 Å². The molecular weight excluding hydrogens is 289 g/mol. The van der Waals surface area contributed by atoms with Crippen molar-refractivity contribution in [3.8, 4) is 0 Å². The highest BCUT2D eigenvalue weighted by Gasteiger charge is 2.35. The maximum atomic E-state index is 13.8. The van der Waals surface area contributed by atoms with Crippen LogP contribution in [0.15, 0.2) is 27.3 Å². The molecule has 0 amide bonds. The number of aliphatic hydroxyl groups excluding tert-OH is 1. The maximum absolute atomic E-state index is 13.8. The number of benzene rings is 1. The first-order valence-electron chi connectivity index (χ1n) is 5.39. The SMILES string of the molecule is C[C@H]1[C@@H](O)CN1c1cc(F)c(Br)c2ccoc12. The van der Waals surface area contributed by atoms with Crippen molar-refractivity contribution in [2.24, 2.45) is 0 Å². The molecule has 1 aliphatic heterocycles. The van der Waals surface area contributed by atoms with E-state index in [0.717, 1.165) is 0 Å². The van der Waals surface area contributed by atoms with Gasteiger partial charge in [0.05, 0.1) is 28.6 Å². The van der Waals surface area contributed by atoms with Gasteiger partial charge in [-0.05, 0) is 28.9 Å². The third kappa shape index (κ3) is 1.49. The Hall–Kier alpha value is -1.07. The van der Waals surface area contributed by atoms with Crippen LogP contribution in [0.25, 0.3) is 11.0 Å². The van der Waals surface area contributed by atoms with E-state index in [0.29, 0.717) is 27.7 Å². The summed E-state index contributed by atoms with van der Waals surface area (Å²) >= 11 is 3.21. The zero-order valence-electron chi connectivity index (χ0n) is 9.15. The molecule has 2 atom stereocenters. The van der Waals surface area contributed by atoms with Crippen molar-refractivity contribution < 1.29 is 13.9 Å². The molecule has 1 fully saturated rings. The van der Waals surface area contributed by atoms with Crippen molar-refractivity contribution in [3.63, 3.8) is 0 Å². The average molecular weight is 300 g/mol. The number of nitrogens with zero attached hydrogens (tertiary/aromatic N) is 1. The first-order valence-corrected chi connectivity index (χ1v) is 6.19. The highest BCUT2D eigenvalue weighted by molar-refractivity contribution is 9.10. The van der Waals surface area contributed by atoms with Gasteiger partial charge in [-0.3, -0.25) is 0 Å². The Morgan fingerprint density at radius 2 is 2.35 bits per heavy atom. The van der Waals surface area contributed by atoms with Gasteiger partial charge in [-0.2, -0.15) is 0 Å². The fraction of sp³-hybridized carbons (Fsp3) is 0.333. The Labute approximate surface area is 106 Å². The summed E-state index contributed by atoms with van der Waals surface area (Å²) in [6.07, 6.45) is 1.19. The molecule has 1 aromatic carbocycles. The molecule has 0 spiro atoms. The van der Waals surface area contributed by atoms with Crippen LogP contribution in [0.1, 0.15) is 6.92 Å². The minimum atomic E-state index is -0.355. The molecule has 0 bridgehead atoms. The Bertz CT molecular complexity index is 583. The van der Waals surface area contributed by atoms with Crippen molar-refractivity contribution >= 4 is 32.6 Å². The number of hydrogen-bond acceptors (Lipinski definition) is 3. The first-order chi connectivity index (χ1) is 8.09. The lowest BCUT2D eigenvalue weighted by Crippen LogP contribution is -2.58. The average Bonchev–Trinajstić information content (AvgIpc) is 2.80. The molecular formula is C12H11BrFNO2.